The van der Waals surface area contributed by atoms with Crippen LogP contribution in [-0.4, -0.2) is 18.0 Å². The smallest absolute Gasteiger partial charge is 0.260 e. The number of benzene rings is 3. The Labute approximate surface area is 217 Å². The SMILES string of the molecule is CCOc1cc(/C=C2\S[C@H](Nc3ccc(CC)cc3)NC2=O)cc(Br)c1OCc1ccc(F)cc1. The number of thioether (sulfide) groups is 1. The fourth-order valence-electron chi connectivity index (χ4n) is 3.52. The molecule has 182 valence electrons. The number of halogens is 2. The van der Waals surface area contributed by atoms with E-state index in [9.17, 15) is 9.18 Å². The van der Waals surface area contributed by atoms with Gasteiger partial charge in [-0.15, -0.1) is 0 Å². The highest BCUT2D eigenvalue weighted by atomic mass is 79.9. The zero-order valence-corrected chi connectivity index (χ0v) is 21.8. The number of aryl methyl sites for hydroxylation is 1. The van der Waals surface area contributed by atoms with Crippen molar-refractivity contribution in [1.82, 2.24) is 5.32 Å². The van der Waals surface area contributed by atoms with Gasteiger partial charge in [-0.1, -0.05) is 43.0 Å². The van der Waals surface area contributed by atoms with Crippen LogP contribution in [0.25, 0.3) is 6.08 Å². The molecule has 0 spiro atoms. The number of carbonyl (C=O) groups is 1. The van der Waals surface area contributed by atoms with Gasteiger partial charge in [0.05, 0.1) is 16.0 Å². The van der Waals surface area contributed by atoms with E-state index in [-0.39, 0.29) is 23.8 Å². The molecule has 0 aliphatic carbocycles. The molecule has 1 amide bonds. The summed E-state index contributed by atoms with van der Waals surface area (Å²) in [5.41, 5.74) is 3.61. The summed E-state index contributed by atoms with van der Waals surface area (Å²) in [5, 5.41) is 6.30. The minimum Gasteiger partial charge on any atom is -0.490 e. The molecular weight excluding hydrogens is 531 g/mol. The van der Waals surface area contributed by atoms with Crippen LogP contribution < -0.4 is 20.1 Å². The van der Waals surface area contributed by atoms with Crippen molar-refractivity contribution in [3.05, 3.63) is 92.5 Å². The van der Waals surface area contributed by atoms with Crippen molar-refractivity contribution in [2.75, 3.05) is 11.9 Å². The number of rotatable bonds is 9. The second-order valence-electron chi connectivity index (χ2n) is 7.85. The Morgan fingerprint density at radius 1 is 1.06 bits per heavy atom. The summed E-state index contributed by atoms with van der Waals surface area (Å²) in [6.45, 7) is 4.74. The fraction of sp³-hybridized carbons (Fsp3) is 0.222. The Morgan fingerprint density at radius 3 is 2.46 bits per heavy atom. The summed E-state index contributed by atoms with van der Waals surface area (Å²) in [5.74, 6) is 0.688. The van der Waals surface area contributed by atoms with Crippen LogP contribution in [-0.2, 0) is 17.8 Å². The van der Waals surface area contributed by atoms with Crippen LogP contribution in [0.4, 0.5) is 10.1 Å². The third-order valence-electron chi connectivity index (χ3n) is 5.32. The second-order valence-corrected chi connectivity index (χ2v) is 9.85. The molecule has 1 aliphatic heterocycles. The van der Waals surface area contributed by atoms with Crippen LogP contribution in [0.2, 0.25) is 0 Å². The van der Waals surface area contributed by atoms with Crippen LogP contribution in [0.5, 0.6) is 11.5 Å². The van der Waals surface area contributed by atoms with Gasteiger partial charge < -0.3 is 20.1 Å². The number of carbonyl (C=O) groups excluding carboxylic acids is 1. The highest BCUT2D eigenvalue weighted by molar-refractivity contribution is 9.10. The highest BCUT2D eigenvalue weighted by Crippen LogP contribution is 2.39. The van der Waals surface area contributed by atoms with E-state index in [0.717, 1.165) is 23.2 Å². The quantitative estimate of drug-likeness (QED) is 0.286. The molecule has 0 saturated carbocycles. The molecule has 1 heterocycles. The maximum atomic E-state index is 13.2. The largest absolute Gasteiger partial charge is 0.490 e. The molecule has 1 aliphatic rings. The number of anilines is 1. The summed E-state index contributed by atoms with van der Waals surface area (Å²) in [6.07, 6.45) is 2.82. The molecule has 1 fully saturated rings. The first kappa shape index (κ1) is 25.1. The van der Waals surface area contributed by atoms with Gasteiger partial charge in [0.15, 0.2) is 17.0 Å². The minimum atomic E-state index is -0.289. The number of nitrogens with one attached hydrogen (secondary N) is 2. The zero-order valence-electron chi connectivity index (χ0n) is 19.4. The van der Waals surface area contributed by atoms with E-state index in [1.54, 1.807) is 12.1 Å². The normalized spacial score (nSPS) is 16.3. The first-order valence-corrected chi connectivity index (χ1v) is 13.0. The molecule has 1 atom stereocenters. The van der Waals surface area contributed by atoms with Crippen molar-refractivity contribution >= 4 is 45.4 Å². The predicted molar refractivity (Wildman–Crippen MR) is 143 cm³/mol. The number of hydrogen-bond donors (Lipinski definition) is 2. The van der Waals surface area contributed by atoms with Gasteiger partial charge in [0.25, 0.3) is 5.91 Å². The van der Waals surface area contributed by atoms with Crippen LogP contribution in [0.3, 0.4) is 0 Å². The van der Waals surface area contributed by atoms with Crippen LogP contribution in [0.1, 0.15) is 30.5 Å². The Morgan fingerprint density at radius 2 is 1.77 bits per heavy atom. The van der Waals surface area contributed by atoms with Crippen molar-refractivity contribution in [3.63, 3.8) is 0 Å². The highest BCUT2D eigenvalue weighted by Gasteiger charge is 2.27. The van der Waals surface area contributed by atoms with Crippen LogP contribution in [0, 0.1) is 5.82 Å². The molecule has 8 heteroatoms. The van der Waals surface area contributed by atoms with E-state index in [0.29, 0.717) is 27.5 Å². The average molecular weight is 557 g/mol. The van der Waals surface area contributed by atoms with Crippen molar-refractivity contribution in [3.8, 4) is 11.5 Å². The van der Waals surface area contributed by atoms with Gasteiger partial charge in [-0.3, -0.25) is 4.79 Å². The predicted octanol–water partition coefficient (Wildman–Crippen LogP) is 6.73. The maximum Gasteiger partial charge on any atom is 0.260 e. The number of amides is 1. The summed E-state index contributed by atoms with van der Waals surface area (Å²) in [4.78, 5) is 13.2. The molecule has 3 aromatic carbocycles. The Hall–Kier alpha value is -2.97. The molecule has 35 heavy (non-hydrogen) atoms. The van der Waals surface area contributed by atoms with Crippen LogP contribution >= 0.6 is 27.7 Å². The first-order chi connectivity index (χ1) is 16.9. The molecule has 0 bridgehead atoms. The van der Waals surface area contributed by atoms with E-state index in [1.165, 1.54) is 29.5 Å². The van der Waals surface area contributed by atoms with E-state index < -0.39 is 0 Å². The van der Waals surface area contributed by atoms with Gasteiger partial charge in [0.1, 0.15) is 12.4 Å². The van der Waals surface area contributed by atoms with Gasteiger partial charge >= 0.3 is 0 Å². The minimum absolute atomic E-state index is 0.136. The van der Waals surface area contributed by atoms with E-state index in [4.69, 9.17) is 9.47 Å². The molecule has 2 N–H and O–H groups in total. The summed E-state index contributed by atoms with van der Waals surface area (Å²) >= 11 is 5.00. The van der Waals surface area contributed by atoms with Gasteiger partial charge in [-0.25, -0.2) is 4.39 Å². The molecule has 3 aromatic rings. The second kappa shape index (κ2) is 11.6. The number of ether oxygens (including phenoxy) is 2. The van der Waals surface area contributed by atoms with Crippen LogP contribution in [0.15, 0.2) is 70.0 Å². The lowest BCUT2D eigenvalue weighted by molar-refractivity contribution is -0.116. The maximum absolute atomic E-state index is 13.2. The molecule has 0 unspecified atom stereocenters. The Balaban J connectivity index is 1.48. The van der Waals surface area contributed by atoms with Crippen molar-refractivity contribution in [2.24, 2.45) is 0 Å². The molecule has 0 radical (unpaired) electrons. The Kier molecular flexibility index (Phi) is 8.36. The standard InChI is InChI=1S/C27H26BrFN2O3S/c1-3-17-7-11-21(12-8-17)30-27-31-26(32)24(35-27)15-19-13-22(28)25(23(14-19)33-4-2)34-16-18-5-9-20(29)10-6-18/h5-15,27,30H,3-4,16H2,1-2H3,(H,31,32)/b24-15-/t27-/m1/s1. The lowest BCUT2D eigenvalue weighted by Gasteiger charge is -2.15. The number of hydrogen-bond acceptors (Lipinski definition) is 5. The fourth-order valence-corrected chi connectivity index (χ4v) is 5.07. The lowest BCUT2D eigenvalue weighted by atomic mass is 10.1. The summed E-state index contributed by atoms with van der Waals surface area (Å²) in [6, 6.07) is 18.1. The molecular formula is C27H26BrFN2O3S. The van der Waals surface area contributed by atoms with E-state index >= 15 is 0 Å². The summed E-state index contributed by atoms with van der Waals surface area (Å²) in [7, 11) is 0. The third-order valence-corrected chi connectivity index (χ3v) is 6.93. The van der Waals surface area contributed by atoms with Gasteiger partial charge in [0, 0.05) is 5.69 Å². The first-order valence-electron chi connectivity index (χ1n) is 11.3. The summed E-state index contributed by atoms with van der Waals surface area (Å²) < 4.78 is 25.7. The van der Waals surface area contributed by atoms with Crippen molar-refractivity contribution in [2.45, 2.75) is 32.4 Å². The zero-order chi connectivity index (χ0) is 24.8. The molecule has 5 nitrogen and oxygen atoms in total. The van der Waals surface area contributed by atoms with Crippen molar-refractivity contribution in [1.29, 1.82) is 0 Å². The van der Waals surface area contributed by atoms with Gasteiger partial charge in [-0.2, -0.15) is 0 Å². The van der Waals surface area contributed by atoms with E-state index in [2.05, 4.69) is 45.6 Å². The molecule has 1 saturated heterocycles. The Bertz CT molecular complexity index is 1220. The average Bonchev–Trinajstić information content (AvgIpc) is 3.18. The third kappa shape index (κ3) is 6.58. The topological polar surface area (TPSA) is 59.6 Å². The monoisotopic (exact) mass is 556 g/mol. The van der Waals surface area contributed by atoms with Gasteiger partial charge in [-0.05, 0) is 88.4 Å². The van der Waals surface area contributed by atoms with E-state index in [1.807, 2.05) is 37.3 Å². The molecule has 4 rings (SSSR count). The molecule has 0 aromatic heterocycles. The van der Waals surface area contributed by atoms with Gasteiger partial charge in [0.2, 0.25) is 0 Å². The van der Waals surface area contributed by atoms with Crippen molar-refractivity contribution < 1.29 is 18.7 Å². The lowest BCUT2D eigenvalue weighted by Crippen LogP contribution is -2.30.